The zero-order valence-corrected chi connectivity index (χ0v) is 14.2. The van der Waals surface area contributed by atoms with Crippen LogP contribution in [-0.2, 0) is 11.2 Å². The van der Waals surface area contributed by atoms with E-state index in [0.717, 1.165) is 12.8 Å². The first-order valence-corrected chi connectivity index (χ1v) is 8.25. The van der Waals surface area contributed by atoms with Gasteiger partial charge in [0.05, 0.1) is 12.1 Å². The van der Waals surface area contributed by atoms with Crippen molar-refractivity contribution >= 4 is 6.09 Å². The number of aliphatic hydroxyl groups excluding tert-OH is 1. The van der Waals surface area contributed by atoms with Crippen LogP contribution in [0.1, 0.15) is 39.2 Å². The third kappa shape index (κ3) is 5.39. The molecular formula is C19H27NO3. The second-order valence-corrected chi connectivity index (χ2v) is 6.97. The molecule has 0 saturated heterocycles. The van der Waals surface area contributed by atoms with Gasteiger partial charge in [-0.05, 0) is 45.6 Å². The Morgan fingerprint density at radius 2 is 2.04 bits per heavy atom. The van der Waals surface area contributed by atoms with Gasteiger partial charge in [-0.15, -0.1) is 0 Å². The number of carbonyl (C=O) groups excluding carboxylic acids is 1. The minimum atomic E-state index is -0.598. The van der Waals surface area contributed by atoms with Crippen molar-refractivity contribution in [3.05, 3.63) is 48.0 Å². The number of benzene rings is 1. The first kappa shape index (κ1) is 17.5. The molecule has 2 rings (SSSR count). The van der Waals surface area contributed by atoms with E-state index in [0.29, 0.717) is 13.0 Å². The molecule has 1 aromatic rings. The molecule has 23 heavy (non-hydrogen) atoms. The third-order valence-electron chi connectivity index (χ3n) is 3.82. The second kappa shape index (κ2) is 7.64. The van der Waals surface area contributed by atoms with Gasteiger partial charge >= 0.3 is 6.09 Å². The summed E-state index contributed by atoms with van der Waals surface area (Å²) in [6, 6.07) is 9.75. The van der Waals surface area contributed by atoms with Crippen LogP contribution in [0.5, 0.6) is 0 Å². The van der Waals surface area contributed by atoms with E-state index in [-0.39, 0.29) is 12.1 Å². The minimum absolute atomic E-state index is 0.317. The van der Waals surface area contributed by atoms with Gasteiger partial charge in [0.25, 0.3) is 0 Å². The lowest BCUT2D eigenvalue weighted by atomic mass is 9.98. The van der Waals surface area contributed by atoms with Gasteiger partial charge in [0.1, 0.15) is 5.60 Å². The standard InChI is InChI=1S/C19H27NO3/c1-19(2,3)23-18(22)20-14-8-7-11-16(20)17(21)13-12-15-9-5-4-6-10-15/h4-7,9-11,16-17,21H,8,12-14H2,1-3H3/t16-,17-/m1/s1. The topological polar surface area (TPSA) is 49.8 Å². The number of nitrogens with zero attached hydrogens (tertiary/aromatic N) is 1. The van der Waals surface area contributed by atoms with Crippen LogP contribution >= 0.6 is 0 Å². The van der Waals surface area contributed by atoms with Gasteiger partial charge < -0.3 is 9.84 Å². The van der Waals surface area contributed by atoms with Gasteiger partial charge in [0, 0.05) is 6.54 Å². The fourth-order valence-electron chi connectivity index (χ4n) is 2.70. The Morgan fingerprint density at radius 3 is 2.70 bits per heavy atom. The summed E-state index contributed by atoms with van der Waals surface area (Å²) in [6.07, 6.45) is 5.18. The van der Waals surface area contributed by atoms with E-state index in [2.05, 4.69) is 12.1 Å². The molecule has 0 fully saturated rings. The number of amides is 1. The van der Waals surface area contributed by atoms with Crippen molar-refractivity contribution in [2.24, 2.45) is 0 Å². The number of hydrogen-bond donors (Lipinski definition) is 1. The van der Waals surface area contributed by atoms with Crippen LogP contribution < -0.4 is 0 Å². The Bertz CT molecular complexity index is 533. The SMILES string of the molecule is CC(C)(C)OC(=O)N1CCC=C[C@@H]1[C@H](O)CCc1ccccc1. The molecule has 0 aromatic heterocycles. The van der Waals surface area contributed by atoms with Crippen LogP contribution in [0.15, 0.2) is 42.5 Å². The predicted octanol–water partition coefficient (Wildman–Crippen LogP) is 3.55. The number of aliphatic hydroxyl groups is 1. The third-order valence-corrected chi connectivity index (χ3v) is 3.82. The molecule has 0 bridgehead atoms. The van der Waals surface area contributed by atoms with Crippen molar-refractivity contribution in [2.45, 2.75) is 57.8 Å². The number of aryl methyl sites for hydroxylation is 1. The molecule has 4 heteroatoms. The van der Waals surface area contributed by atoms with E-state index >= 15 is 0 Å². The fraction of sp³-hybridized carbons (Fsp3) is 0.526. The molecular weight excluding hydrogens is 290 g/mol. The minimum Gasteiger partial charge on any atom is -0.444 e. The average molecular weight is 317 g/mol. The number of hydrogen-bond acceptors (Lipinski definition) is 3. The Hall–Kier alpha value is -1.81. The highest BCUT2D eigenvalue weighted by Gasteiger charge is 2.32. The summed E-state index contributed by atoms with van der Waals surface area (Å²) >= 11 is 0. The molecule has 1 amide bonds. The first-order chi connectivity index (χ1) is 10.9. The lowest BCUT2D eigenvalue weighted by molar-refractivity contribution is 0.000584. The van der Waals surface area contributed by atoms with E-state index < -0.39 is 11.7 Å². The van der Waals surface area contributed by atoms with Gasteiger partial charge in [-0.1, -0.05) is 42.5 Å². The van der Waals surface area contributed by atoms with E-state index in [1.165, 1.54) is 5.56 Å². The Kier molecular flexibility index (Phi) is 5.83. The highest BCUT2D eigenvalue weighted by molar-refractivity contribution is 5.69. The molecule has 0 spiro atoms. The molecule has 4 nitrogen and oxygen atoms in total. The van der Waals surface area contributed by atoms with Crippen molar-refractivity contribution in [2.75, 3.05) is 6.54 Å². The number of ether oxygens (including phenoxy) is 1. The van der Waals surface area contributed by atoms with Crippen LogP contribution in [0.3, 0.4) is 0 Å². The predicted molar refractivity (Wildman–Crippen MR) is 91.3 cm³/mol. The monoisotopic (exact) mass is 317 g/mol. The van der Waals surface area contributed by atoms with Crippen LogP contribution in [0, 0.1) is 0 Å². The van der Waals surface area contributed by atoms with Crippen molar-refractivity contribution in [1.29, 1.82) is 0 Å². The van der Waals surface area contributed by atoms with E-state index in [4.69, 9.17) is 4.74 Å². The summed E-state index contributed by atoms with van der Waals surface area (Å²) in [6.45, 7) is 6.14. The normalized spacial score (nSPS) is 19.5. The maximum Gasteiger partial charge on any atom is 0.410 e. The highest BCUT2D eigenvalue weighted by Crippen LogP contribution is 2.20. The van der Waals surface area contributed by atoms with Gasteiger partial charge in [0.2, 0.25) is 0 Å². The molecule has 2 atom stereocenters. The second-order valence-electron chi connectivity index (χ2n) is 6.97. The van der Waals surface area contributed by atoms with E-state index in [1.807, 2.05) is 51.1 Å². The summed E-state index contributed by atoms with van der Waals surface area (Å²) in [5, 5.41) is 10.6. The Labute approximate surface area is 138 Å². The molecule has 1 aliphatic heterocycles. The fourth-order valence-corrected chi connectivity index (χ4v) is 2.70. The van der Waals surface area contributed by atoms with E-state index in [1.54, 1.807) is 4.90 Å². The molecule has 1 aliphatic rings. The zero-order valence-electron chi connectivity index (χ0n) is 14.2. The smallest absolute Gasteiger partial charge is 0.410 e. The lowest BCUT2D eigenvalue weighted by Gasteiger charge is -2.36. The molecule has 126 valence electrons. The van der Waals surface area contributed by atoms with Crippen LogP contribution in [-0.4, -0.2) is 40.4 Å². The largest absolute Gasteiger partial charge is 0.444 e. The summed E-state index contributed by atoms with van der Waals surface area (Å²) in [7, 11) is 0. The molecule has 1 N–H and O–H groups in total. The average Bonchev–Trinajstić information content (AvgIpc) is 2.52. The van der Waals surface area contributed by atoms with Gasteiger partial charge in [-0.25, -0.2) is 4.79 Å². The van der Waals surface area contributed by atoms with Crippen molar-refractivity contribution in [1.82, 2.24) is 4.90 Å². The Morgan fingerprint density at radius 1 is 1.35 bits per heavy atom. The van der Waals surface area contributed by atoms with Crippen molar-refractivity contribution in [3.63, 3.8) is 0 Å². The van der Waals surface area contributed by atoms with Crippen LogP contribution in [0.4, 0.5) is 4.79 Å². The quantitative estimate of drug-likeness (QED) is 0.864. The van der Waals surface area contributed by atoms with Crippen LogP contribution in [0.25, 0.3) is 0 Å². The molecule has 0 aliphatic carbocycles. The van der Waals surface area contributed by atoms with Crippen molar-refractivity contribution in [3.8, 4) is 0 Å². The Balaban J connectivity index is 1.98. The molecule has 0 radical (unpaired) electrons. The highest BCUT2D eigenvalue weighted by atomic mass is 16.6. The zero-order chi connectivity index (χ0) is 16.9. The maximum absolute atomic E-state index is 12.4. The lowest BCUT2D eigenvalue weighted by Crippen LogP contribution is -2.49. The van der Waals surface area contributed by atoms with Crippen LogP contribution in [0.2, 0.25) is 0 Å². The molecule has 1 aromatic carbocycles. The number of carbonyl (C=O) groups is 1. The van der Waals surface area contributed by atoms with Gasteiger partial charge in [-0.3, -0.25) is 4.90 Å². The summed E-state index contributed by atoms with van der Waals surface area (Å²) < 4.78 is 5.46. The maximum atomic E-state index is 12.4. The molecule has 0 unspecified atom stereocenters. The summed E-state index contributed by atoms with van der Waals surface area (Å²) in [4.78, 5) is 14.0. The van der Waals surface area contributed by atoms with Crippen molar-refractivity contribution < 1.29 is 14.6 Å². The van der Waals surface area contributed by atoms with Gasteiger partial charge in [-0.2, -0.15) is 0 Å². The molecule has 0 saturated carbocycles. The first-order valence-electron chi connectivity index (χ1n) is 8.25. The molecule has 1 heterocycles. The van der Waals surface area contributed by atoms with E-state index in [9.17, 15) is 9.90 Å². The van der Waals surface area contributed by atoms with Gasteiger partial charge in [0.15, 0.2) is 0 Å². The number of rotatable bonds is 4. The summed E-state index contributed by atoms with van der Waals surface area (Å²) in [5.41, 5.74) is 0.660. The summed E-state index contributed by atoms with van der Waals surface area (Å²) in [5.74, 6) is 0.